The normalized spacial score (nSPS) is 14.5. The number of carbonyl (C=O) groups excluding carboxylic acids is 2. The summed E-state index contributed by atoms with van der Waals surface area (Å²) in [5.41, 5.74) is 7.22. The van der Waals surface area contributed by atoms with Gasteiger partial charge in [0.25, 0.3) is 5.91 Å². The smallest absolute Gasteiger partial charge is 0.263 e. The number of rotatable bonds is 6. The molecule has 9 heteroatoms. The number of hydroxylamine groups is 1. The first-order chi connectivity index (χ1) is 17.4. The van der Waals surface area contributed by atoms with Crippen LogP contribution in [0.5, 0.6) is 0 Å². The second-order valence-electron chi connectivity index (χ2n) is 9.41. The molecule has 3 N–H and O–H groups in total. The number of para-hydroxylation sites is 1. The zero-order valence-electron chi connectivity index (χ0n) is 19.8. The van der Waals surface area contributed by atoms with Crippen molar-refractivity contribution in [2.45, 2.75) is 25.9 Å². The molecule has 36 heavy (non-hydrogen) atoms. The minimum atomic E-state index is -0.799. The van der Waals surface area contributed by atoms with Crippen molar-refractivity contribution in [2.75, 3.05) is 11.4 Å². The number of hydrogen-bond donors (Lipinski definition) is 3. The number of carbonyl (C=O) groups is 2. The van der Waals surface area contributed by atoms with Gasteiger partial charge in [0.15, 0.2) is 5.82 Å². The van der Waals surface area contributed by atoms with Crippen molar-refractivity contribution in [3.05, 3.63) is 77.9 Å². The fourth-order valence-electron chi connectivity index (χ4n) is 4.69. The topological polar surface area (TPSA) is 116 Å². The first-order valence-electron chi connectivity index (χ1n) is 11.7. The van der Waals surface area contributed by atoms with Crippen molar-refractivity contribution in [2.24, 2.45) is 0 Å². The van der Waals surface area contributed by atoms with E-state index in [1.807, 2.05) is 80.6 Å². The van der Waals surface area contributed by atoms with E-state index in [0.29, 0.717) is 11.5 Å². The van der Waals surface area contributed by atoms with Gasteiger partial charge in [-0.05, 0) is 43.2 Å². The molecule has 0 saturated carbocycles. The highest BCUT2D eigenvalue weighted by atomic mass is 16.6. The van der Waals surface area contributed by atoms with Gasteiger partial charge in [0, 0.05) is 5.39 Å². The molecule has 9 nitrogen and oxygen atoms in total. The quantitative estimate of drug-likeness (QED) is 0.318. The number of imidazole rings is 1. The van der Waals surface area contributed by atoms with E-state index in [1.54, 1.807) is 0 Å². The number of nitrogens with one attached hydrogen (secondary N) is 3. The van der Waals surface area contributed by atoms with Gasteiger partial charge >= 0.3 is 0 Å². The molecule has 0 unspecified atom stereocenters. The third-order valence-corrected chi connectivity index (χ3v) is 6.61. The number of hydrogen-bond acceptors (Lipinski definition) is 5. The second-order valence-corrected chi connectivity index (χ2v) is 9.41. The molecule has 0 spiro atoms. The van der Waals surface area contributed by atoms with Crippen LogP contribution in [0, 0.1) is 0 Å². The Kier molecular flexibility index (Phi) is 5.08. The van der Waals surface area contributed by atoms with Crippen LogP contribution in [0.2, 0.25) is 0 Å². The largest absolute Gasteiger partial charge is 0.337 e. The molecule has 3 aromatic carbocycles. The van der Waals surface area contributed by atoms with E-state index >= 15 is 0 Å². The van der Waals surface area contributed by atoms with Gasteiger partial charge in [0.05, 0.1) is 34.3 Å². The Balaban J connectivity index is 1.28. The van der Waals surface area contributed by atoms with E-state index in [1.165, 1.54) is 4.90 Å². The molecule has 0 radical (unpaired) electrons. The number of fused-ring (bicyclic) bond motifs is 3. The third-order valence-electron chi connectivity index (χ3n) is 6.61. The molecule has 2 aromatic heterocycles. The summed E-state index contributed by atoms with van der Waals surface area (Å²) < 4.78 is 0. The summed E-state index contributed by atoms with van der Waals surface area (Å²) in [5, 5.41) is 8.43. The summed E-state index contributed by atoms with van der Waals surface area (Å²) in [5.74, 6) is 0.0760. The molecule has 5 aromatic rings. The first kappa shape index (κ1) is 22.0. The number of H-pyrrole nitrogens is 2. The van der Waals surface area contributed by atoms with Crippen LogP contribution < -0.4 is 10.4 Å². The molecule has 3 heterocycles. The van der Waals surface area contributed by atoms with Crippen molar-refractivity contribution < 1.29 is 14.4 Å². The minimum Gasteiger partial charge on any atom is -0.337 e. The molecule has 1 aliphatic rings. The zero-order valence-corrected chi connectivity index (χ0v) is 19.8. The van der Waals surface area contributed by atoms with E-state index in [2.05, 4.69) is 20.7 Å². The Morgan fingerprint density at radius 2 is 1.83 bits per heavy atom. The van der Waals surface area contributed by atoms with Gasteiger partial charge in [-0.25, -0.2) is 10.5 Å². The minimum absolute atomic E-state index is 0.151. The molecule has 0 atom stereocenters. The lowest BCUT2D eigenvalue weighted by Crippen LogP contribution is -2.42. The van der Waals surface area contributed by atoms with Gasteiger partial charge in [-0.15, -0.1) is 0 Å². The van der Waals surface area contributed by atoms with E-state index < -0.39 is 11.3 Å². The molecular weight excluding hydrogens is 456 g/mol. The number of aromatic nitrogens is 4. The highest BCUT2D eigenvalue weighted by Gasteiger charge is 2.45. The first-order valence-corrected chi connectivity index (χ1v) is 11.7. The third kappa shape index (κ3) is 3.61. The molecule has 1 aliphatic heterocycles. The van der Waals surface area contributed by atoms with Gasteiger partial charge in [-0.1, -0.05) is 48.5 Å². The second kappa shape index (κ2) is 8.31. The predicted octanol–water partition coefficient (Wildman–Crippen LogP) is 3.98. The molecule has 0 bridgehead atoms. The summed E-state index contributed by atoms with van der Waals surface area (Å²) in [6, 6.07) is 21.2. The van der Waals surface area contributed by atoms with E-state index in [4.69, 9.17) is 9.82 Å². The van der Waals surface area contributed by atoms with Crippen LogP contribution in [0.3, 0.4) is 0 Å². The monoisotopic (exact) mass is 480 g/mol. The number of anilines is 1. The van der Waals surface area contributed by atoms with Gasteiger partial charge in [0.1, 0.15) is 12.2 Å². The summed E-state index contributed by atoms with van der Waals surface area (Å²) in [6.07, 6.45) is 0. The predicted molar refractivity (Wildman–Crippen MR) is 136 cm³/mol. The average molecular weight is 481 g/mol. The number of nitrogens with zero attached hydrogens (tertiary/aromatic N) is 3. The van der Waals surface area contributed by atoms with Crippen molar-refractivity contribution in [3.63, 3.8) is 0 Å². The summed E-state index contributed by atoms with van der Waals surface area (Å²) in [4.78, 5) is 40.9. The number of aromatic amines is 2. The fourth-order valence-corrected chi connectivity index (χ4v) is 4.69. The lowest BCUT2D eigenvalue weighted by molar-refractivity contribution is -0.134. The number of amides is 2. The molecule has 2 amide bonds. The van der Waals surface area contributed by atoms with E-state index in [0.717, 1.165) is 38.8 Å². The van der Waals surface area contributed by atoms with Crippen molar-refractivity contribution in [1.29, 1.82) is 0 Å². The molecule has 6 rings (SSSR count). The van der Waals surface area contributed by atoms with Crippen LogP contribution in [0.25, 0.3) is 33.5 Å². The summed E-state index contributed by atoms with van der Waals surface area (Å²) in [7, 11) is 0. The Bertz CT molecular complexity index is 1620. The van der Waals surface area contributed by atoms with Crippen molar-refractivity contribution in [3.8, 4) is 11.5 Å². The summed E-state index contributed by atoms with van der Waals surface area (Å²) in [6.45, 7) is 3.81. The molecule has 0 aliphatic carbocycles. The number of benzene rings is 3. The van der Waals surface area contributed by atoms with Crippen LogP contribution in [0.15, 0.2) is 66.7 Å². The van der Waals surface area contributed by atoms with Gasteiger partial charge in [0.2, 0.25) is 5.91 Å². The maximum Gasteiger partial charge on any atom is 0.263 e. The van der Waals surface area contributed by atoms with Crippen molar-refractivity contribution in [1.82, 2.24) is 25.6 Å². The molecule has 0 fully saturated rings. The Labute approximate surface area is 206 Å². The lowest BCUT2D eigenvalue weighted by atomic mass is 9.86. The Morgan fingerprint density at radius 1 is 1.06 bits per heavy atom. The van der Waals surface area contributed by atoms with Crippen LogP contribution in [0.4, 0.5) is 5.69 Å². The maximum atomic E-state index is 13.3. The Morgan fingerprint density at radius 3 is 2.67 bits per heavy atom. The van der Waals surface area contributed by atoms with Gasteiger partial charge in [-0.2, -0.15) is 5.10 Å². The highest BCUT2D eigenvalue weighted by Crippen LogP contribution is 2.43. The van der Waals surface area contributed by atoms with Crippen LogP contribution >= 0.6 is 0 Å². The SMILES string of the molecule is CC1(C)C(=O)N(CC(=O)NOCc2ccccc2)c2cc3[nH]c(-c4n[nH]c5ccccc45)nc3cc21. The maximum absolute atomic E-state index is 13.3. The average Bonchev–Trinajstić information content (AvgIpc) is 3.54. The van der Waals surface area contributed by atoms with Crippen LogP contribution in [0.1, 0.15) is 25.0 Å². The van der Waals surface area contributed by atoms with Crippen molar-refractivity contribution >= 4 is 39.4 Å². The zero-order chi connectivity index (χ0) is 24.9. The fraction of sp³-hybridized carbons (Fsp3) is 0.185. The van der Waals surface area contributed by atoms with Crippen LogP contribution in [-0.2, 0) is 26.4 Å². The van der Waals surface area contributed by atoms with Crippen LogP contribution in [-0.4, -0.2) is 38.5 Å². The molecule has 180 valence electrons. The van der Waals surface area contributed by atoms with Gasteiger partial charge in [-0.3, -0.25) is 19.5 Å². The molecule has 0 saturated heterocycles. The lowest BCUT2D eigenvalue weighted by Gasteiger charge is -2.19. The summed E-state index contributed by atoms with van der Waals surface area (Å²) >= 11 is 0. The highest BCUT2D eigenvalue weighted by molar-refractivity contribution is 6.11. The standard InChI is InChI=1S/C27H24N6O3/c1-27(2)18-12-20-21(29-25(28-20)24-17-10-6-7-11-19(17)30-31-24)13-22(18)33(26(27)35)14-23(34)32-36-15-16-8-4-3-5-9-16/h3-13H,14-15H2,1-2H3,(H,28,29)(H,30,31)(H,32,34). The Hall–Kier alpha value is -4.50. The van der Waals surface area contributed by atoms with E-state index in [-0.39, 0.29) is 19.1 Å². The van der Waals surface area contributed by atoms with Gasteiger partial charge < -0.3 is 9.88 Å². The molecular formula is C27H24N6O3. The van der Waals surface area contributed by atoms with E-state index in [9.17, 15) is 9.59 Å².